The van der Waals surface area contributed by atoms with Crippen LogP contribution in [0.1, 0.15) is 22.9 Å². The molecular formula is C20H24N2O3. The quantitative estimate of drug-likeness (QED) is 0.688. The summed E-state index contributed by atoms with van der Waals surface area (Å²) in [5, 5.41) is 0. The van der Waals surface area contributed by atoms with Gasteiger partial charge in [0.25, 0.3) is 0 Å². The van der Waals surface area contributed by atoms with Crippen molar-refractivity contribution >= 4 is 0 Å². The van der Waals surface area contributed by atoms with E-state index in [1.54, 1.807) is 21.3 Å². The minimum absolute atomic E-state index is 0.0497. The highest BCUT2D eigenvalue weighted by molar-refractivity contribution is 5.56. The molecule has 5 heteroatoms. The van der Waals surface area contributed by atoms with E-state index < -0.39 is 0 Å². The minimum Gasteiger partial charge on any atom is -0.493 e. The summed E-state index contributed by atoms with van der Waals surface area (Å²) in [4.78, 5) is 0. The van der Waals surface area contributed by atoms with E-state index in [0.29, 0.717) is 17.2 Å². The van der Waals surface area contributed by atoms with E-state index in [9.17, 15) is 0 Å². The second-order valence-electron chi connectivity index (χ2n) is 5.98. The topological polar surface area (TPSA) is 37.5 Å². The Kier molecular flexibility index (Phi) is 4.74. The smallest absolute Gasteiger partial charge is 0.203 e. The van der Waals surface area contributed by atoms with Gasteiger partial charge in [0.05, 0.1) is 27.2 Å². The average Bonchev–Trinajstić information content (AvgIpc) is 3.23. The number of aromatic nitrogens is 2. The third-order valence-corrected chi connectivity index (χ3v) is 4.58. The van der Waals surface area contributed by atoms with Crippen molar-refractivity contribution < 1.29 is 14.2 Å². The summed E-state index contributed by atoms with van der Waals surface area (Å²) >= 11 is 0. The third-order valence-electron chi connectivity index (χ3n) is 4.58. The fourth-order valence-corrected chi connectivity index (χ4v) is 3.31. The van der Waals surface area contributed by atoms with Gasteiger partial charge in [0.2, 0.25) is 5.75 Å². The van der Waals surface area contributed by atoms with Crippen LogP contribution in [0.5, 0.6) is 17.2 Å². The van der Waals surface area contributed by atoms with Crippen molar-refractivity contribution in [1.82, 2.24) is 9.13 Å². The molecule has 0 aliphatic heterocycles. The largest absolute Gasteiger partial charge is 0.493 e. The maximum atomic E-state index is 5.55. The fraction of sp³-hybridized carbons (Fsp3) is 0.300. The van der Waals surface area contributed by atoms with E-state index in [4.69, 9.17) is 14.2 Å². The first-order valence-corrected chi connectivity index (χ1v) is 8.13. The molecule has 0 bridgehead atoms. The molecule has 25 heavy (non-hydrogen) atoms. The van der Waals surface area contributed by atoms with E-state index >= 15 is 0 Å². The Hall–Kier alpha value is -2.82. The number of ether oxygens (including phenoxy) is 3. The standard InChI is InChI=1S/C20H24N2O3/c1-21-10-6-8-15(21)19(16-9-7-11-22(16)2)14-12-17(23-3)20(25-5)18(13-14)24-4/h6-13,19H,1-5H3. The van der Waals surface area contributed by atoms with E-state index in [1.165, 1.54) is 11.4 Å². The molecule has 0 unspecified atom stereocenters. The van der Waals surface area contributed by atoms with E-state index in [2.05, 4.69) is 59.9 Å². The second-order valence-corrected chi connectivity index (χ2v) is 5.98. The molecule has 2 heterocycles. The Morgan fingerprint density at radius 2 is 1.24 bits per heavy atom. The number of benzene rings is 1. The molecule has 0 atom stereocenters. The molecule has 3 rings (SSSR count). The number of hydrogen-bond acceptors (Lipinski definition) is 3. The van der Waals surface area contributed by atoms with E-state index in [1.807, 2.05) is 12.1 Å². The van der Waals surface area contributed by atoms with Crippen molar-refractivity contribution in [2.24, 2.45) is 14.1 Å². The fourth-order valence-electron chi connectivity index (χ4n) is 3.31. The van der Waals surface area contributed by atoms with Gasteiger partial charge in [-0.15, -0.1) is 0 Å². The molecule has 0 amide bonds. The maximum absolute atomic E-state index is 5.55. The second kappa shape index (κ2) is 6.97. The molecule has 1 aromatic carbocycles. The molecular weight excluding hydrogens is 316 g/mol. The minimum atomic E-state index is 0.0497. The molecule has 0 fully saturated rings. The first-order chi connectivity index (χ1) is 12.1. The van der Waals surface area contributed by atoms with Crippen molar-refractivity contribution in [2.75, 3.05) is 21.3 Å². The molecule has 0 saturated carbocycles. The maximum Gasteiger partial charge on any atom is 0.203 e. The summed E-state index contributed by atoms with van der Waals surface area (Å²) in [5.41, 5.74) is 3.46. The molecule has 3 aromatic rings. The predicted molar refractivity (Wildman–Crippen MR) is 97.9 cm³/mol. The number of hydrogen-bond donors (Lipinski definition) is 0. The lowest BCUT2D eigenvalue weighted by Gasteiger charge is -2.22. The van der Waals surface area contributed by atoms with Crippen LogP contribution in [-0.4, -0.2) is 30.5 Å². The molecule has 2 aromatic heterocycles. The van der Waals surface area contributed by atoms with Crippen LogP contribution in [0.3, 0.4) is 0 Å². The molecule has 0 aliphatic rings. The zero-order valence-corrected chi connectivity index (χ0v) is 15.3. The van der Waals surface area contributed by atoms with Crippen LogP contribution in [0.15, 0.2) is 48.8 Å². The highest BCUT2D eigenvalue weighted by Crippen LogP contribution is 2.43. The summed E-state index contributed by atoms with van der Waals surface area (Å²) in [6.45, 7) is 0. The highest BCUT2D eigenvalue weighted by atomic mass is 16.5. The molecule has 0 aliphatic carbocycles. The molecule has 132 valence electrons. The molecule has 0 N–H and O–H groups in total. The Labute approximate surface area is 148 Å². The lowest BCUT2D eigenvalue weighted by Crippen LogP contribution is -2.12. The number of methoxy groups -OCH3 is 3. The van der Waals surface area contributed by atoms with Crippen LogP contribution in [0, 0.1) is 0 Å². The number of nitrogens with zero attached hydrogens (tertiary/aromatic N) is 2. The number of rotatable bonds is 6. The summed E-state index contributed by atoms with van der Waals surface area (Å²) in [6.07, 6.45) is 4.12. The third kappa shape index (κ3) is 2.97. The van der Waals surface area contributed by atoms with Gasteiger partial charge in [0, 0.05) is 37.9 Å². The van der Waals surface area contributed by atoms with Gasteiger partial charge in [0.1, 0.15) is 0 Å². The summed E-state index contributed by atoms with van der Waals surface area (Å²) < 4.78 is 20.8. The van der Waals surface area contributed by atoms with Gasteiger partial charge in [0.15, 0.2) is 11.5 Å². The van der Waals surface area contributed by atoms with Gasteiger partial charge >= 0.3 is 0 Å². The van der Waals surface area contributed by atoms with Gasteiger partial charge in [-0.05, 0) is 42.0 Å². The van der Waals surface area contributed by atoms with E-state index in [-0.39, 0.29) is 5.92 Å². The first kappa shape index (κ1) is 17.0. The van der Waals surface area contributed by atoms with Gasteiger partial charge in [-0.3, -0.25) is 0 Å². The Morgan fingerprint density at radius 1 is 0.760 bits per heavy atom. The van der Waals surface area contributed by atoms with E-state index in [0.717, 1.165) is 5.56 Å². The molecule has 0 spiro atoms. The Balaban J connectivity index is 2.24. The van der Waals surface area contributed by atoms with Crippen molar-refractivity contribution in [3.05, 3.63) is 65.7 Å². The van der Waals surface area contributed by atoms with Gasteiger partial charge in [-0.1, -0.05) is 0 Å². The Bertz CT molecular complexity index is 798. The van der Waals surface area contributed by atoms with Gasteiger partial charge < -0.3 is 23.3 Å². The van der Waals surface area contributed by atoms with Gasteiger partial charge in [-0.2, -0.15) is 0 Å². The van der Waals surface area contributed by atoms with Crippen LogP contribution >= 0.6 is 0 Å². The highest BCUT2D eigenvalue weighted by Gasteiger charge is 2.25. The molecule has 5 nitrogen and oxygen atoms in total. The lowest BCUT2D eigenvalue weighted by molar-refractivity contribution is 0.323. The van der Waals surface area contributed by atoms with Gasteiger partial charge in [-0.25, -0.2) is 0 Å². The average molecular weight is 340 g/mol. The zero-order valence-electron chi connectivity index (χ0n) is 15.3. The van der Waals surface area contributed by atoms with Crippen molar-refractivity contribution in [3.63, 3.8) is 0 Å². The lowest BCUT2D eigenvalue weighted by atomic mass is 9.91. The van der Waals surface area contributed by atoms with Crippen molar-refractivity contribution in [1.29, 1.82) is 0 Å². The summed E-state index contributed by atoms with van der Waals surface area (Å²) in [7, 11) is 9.01. The monoisotopic (exact) mass is 340 g/mol. The number of aryl methyl sites for hydroxylation is 2. The summed E-state index contributed by atoms with van der Waals surface area (Å²) in [6, 6.07) is 12.4. The molecule has 0 saturated heterocycles. The SMILES string of the molecule is COc1cc(C(c2cccn2C)c2cccn2C)cc(OC)c1OC. The van der Waals surface area contributed by atoms with Crippen LogP contribution in [-0.2, 0) is 14.1 Å². The van der Waals surface area contributed by atoms with Crippen LogP contribution in [0.4, 0.5) is 0 Å². The van der Waals surface area contributed by atoms with Crippen LogP contribution in [0.2, 0.25) is 0 Å². The van der Waals surface area contributed by atoms with Crippen molar-refractivity contribution in [2.45, 2.75) is 5.92 Å². The zero-order chi connectivity index (χ0) is 18.0. The normalized spacial score (nSPS) is 11.0. The van der Waals surface area contributed by atoms with Crippen LogP contribution in [0.25, 0.3) is 0 Å². The first-order valence-electron chi connectivity index (χ1n) is 8.13. The summed E-state index contributed by atoms with van der Waals surface area (Å²) in [5.74, 6) is 1.97. The Morgan fingerprint density at radius 3 is 1.56 bits per heavy atom. The predicted octanol–water partition coefficient (Wildman–Crippen LogP) is 3.57. The van der Waals surface area contributed by atoms with Crippen LogP contribution < -0.4 is 14.2 Å². The molecule has 0 radical (unpaired) electrons. The van der Waals surface area contributed by atoms with Crippen molar-refractivity contribution in [3.8, 4) is 17.2 Å².